The average Bonchev–Trinajstić information content (AvgIpc) is 2.73. The van der Waals surface area contributed by atoms with E-state index in [4.69, 9.17) is 5.73 Å². The SMILES string of the molecule is CCN(Cc1cccc(F)c1)C(=O)Nc1ccccc1CN1CCC[C@H](C(N)=O)C1. The van der Waals surface area contributed by atoms with Gasteiger partial charge < -0.3 is 16.0 Å². The molecule has 0 aromatic heterocycles. The smallest absolute Gasteiger partial charge is 0.322 e. The van der Waals surface area contributed by atoms with Crippen LogP contribution in [0.4, 0.5) is 14.9 Å². The zero-order valence-electron chi connectivity index (χ0n) is 17.3. The number of likely N-dealkylation sites (tertiary alicyclic amines) is 1. The lowest BCUT2D eigenvalue weighted by molar-refractivity contribution is -0.123. The molecule has 0 bridgehead atoms. The van der Waals surface area contributed by atoms with E-state index in [1.165, 1.54) is 12.1 Å². The molecule has 30 heavy (non-hydrogen) atoms. The lowest BCUT2D eigenvalue weighted by Gasteiger charge is -2.31. The first-order valence-electron chi connectivity index (χ1n) is 10.4. The predicted octanol–water partition coefficient (Wildman–Crippen LogP) is 3.58. The fourth-order valence-electron chi connectivity index (χ4n) is 3.83. The van der Waals surface area contributed by atoms with Crippen LogP contribution in [0, 0.1) is 11.7 Å². The third-order valence-electron chi connectivity index (χ3n) is 5.49. The van der Waals surface area contributed by atoms with Gasteiger partial charge in [-0.2, -0.15) is 0 Å². The van der Waals surface area contributed by atoms with Gasteiger partial charge in [-0.25, -0.2) is 9.18 Å². The zero-order valence-corrected chi connectivity index (χ0v) is 17.3. The van der Waals surface area contributed by atoms with Gasteiger partial charge in [-0.1, -0.05) is 30.3 Å². The minimum absolute atomic E-state index is 0.123. The Morgan fingerprint density at radius 3 is 2.77 bits per heavy atom. The normalized spacial score (nSPS) is 16.8. The molecule has 1 saturated heterocycles. The highest BCUT2D eigenvalue weighted by Gasteiger charge is 2.24. The van der Waals surface area contributed by atoms with Gasteiger partial charge in [0.1, 0.15) is 5.82 Å². The van der Waals surface area contributed by atoms with Crippen molar-refractivity contribution in [2.45, 2.75) is 32.9 Å². The molecule has 6 nitrogen and oxygen atoms in total. The van der Waals surface area contributed by atoms with Gasteiger partial charge in [0.15, 0.2) is 0 Å². The van der Waals surface area contributed by atoms with Gasteiger partial charge in [0.05, 0.1) is 5.92 Å². The van der Waals surface area contributed by atoms with Crippen molar-refractivity contribution >= 4 is 17.6 Å². The topological polar surface area (TPSA) is 78.7 Å². The number of hydrogen-bond acceptors (Lipinski definition) is 3. The van der Waals surface area contributed by atoms with Crippen molar-refractivity contribution in [1.29, 1.82) is 0 Å². The molecule has 3 N–H and O–H groups in total. The Balaban J connectivity index is 1.67. The molecular formula is C23H29FN4O2. The van der Waals surface area contributed by atoms with Gasteiger partial charge >= 0.3 is 6.03 Å². The van der Waals surface area contributed by atoms with Crippen LogP contribution in [-0.4, -0.2) is 41.4 Å². The standard InChI is InChI=1S/C23H29FN4O2/c1-2-28(14-17-7-5-10-20(24)13-17)23(30)26-21-11-4-3-8-18(21)15-27-12-6-9-19(16-27)22(25)29/h3-5,7-8,10-11,13,19H,2,6,9,12,14-16H2,1H3,(H2,25,29)(H,26,30)/t19-/m0/s1. The summed E-state index contributed by atoms with van der Waals surface area (Å²) in [6.45, 7) is 4.88. The fraction of sp³-hybridized carbons (Fsp3) is 0.391. The first kappa shape index (κ1) is 21.8. The molecule has 0 spiro atoms. The number of carbonyl (C=O) groups is 2. The van der Waals surface area contributed by atoms with Crippen LogP contribution < -0.4 is 11.1 Å². The number of urea groups is 1. The number of nitrogens with two attached hydrogens (primary N) is 1. The van der Waals surface area contributed by atoms with E-state index >= 15 is 0 Å². The first-order chi connectivity index (χ1) is 14.5. The quantitative estimate of drug-likeness (QED) is 0.730. The molecule has 0 aliphatic carbocycles. The number of halogens is 1. The molecule has 2 aromatic carbocycles. The molecule has 0 saturated carbocycles. The molecule has 2 aromatic rings. The minimum atomic E-state index is -0.315. The Labute approximate surface area is 176 Å². The number of benzene rings is 2. The van der Waals surface area contributed by atoms with Crippen LogP contribution >= 0.6 is 0 Å². The highest BCUT2D eigenvalue weighted by atomic mass is 19.1. The largest absolute Gasteiger partial charge is 0.369 e. The number of piperidine rings is 1. The number of para-hydroxylation sites is 1. The maximum absolute atomic E-state index is 13.5. The number of anilines is 1. The maximum atomic E-state index is 13.5. The minimum Gasteiger partial charge on any atom is -0.369 e. The Morgan fingerprint density at radius 2 is 2.03 bits per heavy atom. The van der Waals surface area contributed by atoms with Gasteiger partial charge in [0.25, 0.3) is 0 Å². The number of hydrogen-bond donors (Lipinski definition) is 2. The Hall–Kier alpha value is -2.93. The van der Waals surface area contributed by atoms with Crippen molar-refractivity contribution in [2.24, 2.45) is 11.7 Å². The number of carbonyl (C=O) groups excluding carboxylic acids is 2. The third-order valence-corrected chi connectivity index (χ3v) is 5.49. The monoisotopic (exact) mass is 412 g/mol. The molecular weight excluding hydrogens is 383 g/mol. The average molecular weight is 413 g/mol. The molecule has 160 valence electrons. The number of amides is 3. The van der Waals surface area contributed by atoms with Crippen molar-refractivity contribution in [2.75, 3.05) is 25.0 Å². The van der Waals surface area contributed by atoms with Crippen LogP contribution in [0.1, 0.15) is 30.9 Å². The predicted molar refractivity (Wildman–Crippen MR) is 115 cm³/mol. The van der Waals surface area contributed by atoms with E-state index in [0.29, 0.717) is 26.2 Å². The van der Waals surface area contributed by atoms with Crippen molar-refractivity contribution in [1.82, 2.24) is 9.80 Å². The summed E-state index contributed by atoms with van der Waals surface area (Å²) in [5, 5.41) is 2.99. The van der Waals surface area contributed by atoms with Crippen molar-refractivity contribution in [3.8, 4) is 0 Å². The van der Waals surface area contributed by atoms with Gasteiger partial charge in [-0.15, -0.1) is 0 Å². The van der Waals surface area contributed by atoms with E-state index in [9.17, 15) is 14.0 Å². The fourth-order valence-corrected chi connectivity index (χ4v) is 3.83. The van der Waals surface area contributed by atoms with E-state index in [1.807, 2.05) is 31.2 Å². The molecule has 1 aliphatic heterocycles. The van der Waals surface area contributed by atoms with E-state index in [0.717, 1.165) is 36.2 Å². The Bertz CT molecular complexity index is 889. The van der Waals surface area contributed by atoms with Crippen molar-refractivity contribution in [3.63, 3.8) is 0 Å². The molecule has 3 amide bonds. The van der Waals surface area contributed by atoms with Crippen molar-refractivity contribution < 1.29 is 14.0 Å². The molecule has 1 atom stereocenters. The van der Waals surface area contributed by atoms with E-state index in [-0.39, 0.29) is 23.7 Å². The second-order valence-corrected chi connectivity index (χ2v) is 7.71. The molecule has 1 fully saturated rings. The van der Waals surface area contributed by atoms with Crippen LogP contribution in [0.5, 0.6) is 0 Å². The summed E-state index contributed by atoms with van der Waals surface area (Å²) in [7, 11) is 0. The lowest BCUT2D eigenvalue weighted by atomic mass is 9.97. The van der Waals surface area contributed by atoms with E-state index in [1.54, 1.807) is 17.0 Å². The molecule has 0 radical (unpaired) electrons. The maximum Gasteiger partial charge on any atom is 0.322 e. The highest BCUT2D eigenvalue weighted by molar-refractivity contribution is 5.90. The lowest BCUT2D eigenvalue weighted by Crippen LogP contribution is -2.41. The summed E-state index contributed by atoms with van der Waals surface area (Å²) in [5.74, 6) is -0.690. The number of nitrogens with zero attached hydrogens (tertiary/aromatic N) is 2. The Kier molecular flexibility index (Phi) is 7.41. The summed E-state index contributed by atoms with van der Waals surface area (Å²) in [6, 6.07) is 13.7. The zero-order chi connectivity index (χ0) is 21.5. The second kappa shape index (κ2) is 10.2. The summed E-state index contributed by atoms with van der Waals surface area (Å²) in [5.41, 5.74) is 7.95. The van der Waals surface area contributed by atoms with Crippen LogP contribution in [0.3, 0.4) is 0 Å². The summed E-state index contributed by atoms with van der Waals surface area (Å²) < 4.78 is 13.5. The van der Waals surface area contributed by atoms with Gasteiger partial charge in [-0.05, 0) is 55.6 Å². The summed E-state index contributed by atoms with van der Waals surface area (Å²) >= 11 is 0. The molecule has 1 aliphatic rings. The van der Waals surface area contributed by atoms with E-state index in [2.05, 4.69) is 10.2 Å². The first-order valence-corrected chi connectivity index (χ1v) is 10.4. The summed E-state index contributed by atoms with van der Waals surface area (Å²) in [6.07, 6.45) is 1.76. The number of primary amides is 1. The van der Waals surface area contributed by atoms with Crippen LogP contribution in [0.25, 0.3) is 0 Å². The number of rotatable bonds is 7. The summed E-state index contributed by atoms with van der Waals surface area (Å²) in [4.78, 5) is 28.3. The van der Waals surface area contributed by atoms with Crippen LogP contribution in [-0.2, 0) is 17.9 Å². The molecule has 1 heterocycles. The van der Waals surface area contributed by atoms with Gasteiger partial charge in [0, 0.05) is 31.9 Å². The Morgan fingerprint density at radius 1 is 1.23 bits per heavy atom. The highest BCUT2D eigenvalue weighted by Crippen LogP contribution is 2.22. The van der Waals surface area contributed by atoms with Crippen molar-refractivity contribution in [3.05, 3.63) is 65.5 Å². The van der Waals surface area contributed by atoms with Crippen LogP contribution in [0.15, 0.2) is 48.5 Å². The van der Waals surface area contributed by atoms with E-state index < -0.39 is 0 Å². The molecule has 3 rings (SSSR count). The molecule has 7 heteroatoms. The van der Waals surface area contributed by atoms with Gasteiger partial charge in [-0.3, -0.25) is 9.69 Å². The second-order valence-electron chi connectivity index (χ2n) is 7.71. The van der Waals surface area contributed by atoms with Gasteiger partial charge in [0.2, 0.25) is 5.91 Å². The molecule has 0 unspecified atom stereocenters. The van der Waals surface area contributed by atoms with Crippen LogP contribution in [0.2, 0.25) is 0 Å². The number of nitrogens with one attached hydrogen (secondary N) is 1. The third kappa shape index (κ3) is 5.79.